The highest BCUT2D eigenvalue weighted by Gasteiger charge is 2.30. The number of carbonyl (C=O) groups excluding carboxylic acids is 1. The van der Waals surface area contributed by atoms with Crippen LogP contribution in [0, 0.1) is 0 Å². The van der Waals surface area contributed by atoms with Gasteiger partial charge < -0.3 is 4.74 Å². The van der Waals surface area contributed by atoms with Gasteiger partial charge in [0.05, 0.1) is 5.33 Å². The van der Waals surface area contributed by atoms with Crippen molar-refractivity contribution >= 4 is 54.3 Å². The molecule has 0 aromatic carbocycles. The van der Waals surface area contributed by atoms with Crippen molar-refractivity contribution in [3.8, 4) is 0 Å². The van der Waals surface area contributed by atoms with Gasteiger partial charge in [-0.05, 0) is 39.8 Å². The molecule has 0 aliphatic carbocycles. The molecule has 0 heterocycles. The second-order valence-corrected chi connectivity index (χ2v) is 5.27. The molecule has 0 N–H and O–H groups in total. The fourth-order valence-corrected chi connectivity index (χ4v) is 2.07. The van der Waals surface area contributed by atoms with Crippen LogP contribution in [0.2, 0.25) is 0 Å². The van der Waals surface area contributed by atoms with E-state index in [1.807, 2.05) is 13.8 Å². The normalized spacial score (nSPS) is 17.8. The van der Waals surface area contributed by atoms with Crippen molar-refractivity contribution in [1.82, 2.24) is 0 Å². The van der Waals surface area contributed by atoms with Gasteiger partial charge in [0.25, 0.3) is 6.47 Å². The van der Waals surface area contributed by atoms with Crippen molar-refractivity contribution in [2.75, 3.05) is 5.33 Å². The molecule has 0 aromatic rings. The van der Waals surface area contributed by atoms with Gasteiger partial charge in [-0.3, -0.25) is 4.79 Å². The van der Waals surface area contributed by atoms with E-state index in [2.05, 4.69) is 47.8 Å². The van der Waals surface area contributed by atoms with E-state index in [-0.39, 0.29) is 0 Å². The summed E-state index contributed by atoms with van der Waals surface area (Å²) in [6, 6.07) is 0. The lowest BCUT2D eigenvalue weighted by molar-refractivity contribution is -0.132. The van der Waals surface area contributed by atoms with Crippen LogP contribution in [-0.4, -0.2) is 16.3 Å². The van der Waals surface area contributed by atoms with Gasteiger partial charge in [-0.2, -0.15) is 0 Å². The molecule has 0 bridgehead atoms. The van der Waals surface area contributed by atoms with Crippen LogP contribution in [-0.2, 0) is 9.53 Å². The summed E-state index contributed by atoms with van der Waals surface area (Å²) in [6.45, 7) is 4.20. The van der Waals surface area contributed by atoms with Crippen molar-refractivity contribution < 1.29 is 9.53 Å². The van der Waals surface area contributed by atoms with Gasteiger partial charge in [0.15, 0.2) is 4.51 Å². The van der Waals surface area contributed by atoms with Crippen molar-refractivity contribution in [2.45, 2.75) is 18.4 Å². The predicted octanol–water partition coefficient (Wildman–Crippen LogP) is 3.33. The van der Waals surface area contributed by atoms with E-state index < -0.39 is 4.51 Å². The van der Waals surface area contributed by atoms with Crippen molar-refractivity contribution in [3.63, 3.8) is 0 Å². The summed E-state index contributed by atoms with van der Waals surface area (Å²) in [5.41, 5.74) is 0.923. The molecule has 0 aliphatic heterocycles. The number of halogens is 3. The SMILES string of the molecule is C/C(Br)=C(/C)C(Br)(CBr)OC=O. The number of hydrogen-bond donors (Lipinski definition) is 0. The Morgan fingerprint density at radius 1 is 1.58 bits per heavy atom. The van der Waals surface area contributed by atoms with E-state index >= 15 is 0 Å². The first-order valence-corrected chi connectivity index (χ1v) is 5.88. The van der Waals surface area contributed by atoms with Crippen molar-refractivity contribution in [2.24, 2.45) is 0 Å². The van der Waals surface area contributed by atoms with Crippen molar-refractivity contribution in [3.05, 3.63) is 10.1 Å². The molecule has 0 saturated carbocycles. The Morgan fingerprint density at radius 2 is 2.08 bits per heavy atom. The monoisotopic (exact) mass is 362 g/mol. The molecule has 0 amide bonds. The molecule has 0 fully saturated rings. The molecule has 2 nitrogen and oxygen atoms in total. The standard InChI is InChI=1S/C7H9Br3O2/c1-5(6(2)9)7(10,3-8)12-4-11/h4H,3H2,1-2H3/b6-5+. The quantitative estimate of drug-likeness (QED) is 0.565. The lowest BCUT2D eigenvalue weighted by atomic mass is 10.2. The highest BCUT2D eigenvalue weighted by molar-refractivity contribution is 9.12. The summed E-state index contributed by atoms with van der Waals surface area (Å²) >= 11 is 9.90. The average molecular weight is 365 g/mol. The Bertz CT molecular complexity index is 199. The number of hydrogen-bond acceptors (Lipinski definition) is 2. The maximum Gasteiger partial charge on any atom is 0.294 e. The van der Waals surface area contributed by atoms with Crippen LogP contribution in [0.15, 0.2) is 10.1 Å². The molecule has 5 heteroatoms. The lowest BCUT2D eigenvalue weighted by Gasteiger charge is -2.24. The van der Waals surface area contributed by atoms with Gasteiger partial charge in [-0.15, -0.1) is 0 Å². The topological polar surface area (TPSA) is 26.3 Å². The summed E-state index contributed by atoms with van der Waals surface area (Å²) in [6.07, 6.45) is 0. The fourth-order valence-electron chi connectivity index (χ4n) is 0.554. The van der Waals surface area contributed by atoms with Gasteiger partial charge in [-0.25, -0.2) is 0 Å². The summed E-state index contributed by atoms with van der Waals surface area (Å²) in [7, 11) is 0. The smallest absolute Gasteiger partial charge is 0.294 e. The minimum atomic E-state index is -0.734. The highest BCUT2D eigenvalue weighted by Crippen LogP contribution is 2.33. The Morgan fingerprint density at radius 3 is 2.33 bits per heavy atom. The Hall–Kier alpha value is 0.650. The molecule has 1 unspecified atom stereocenters. The second kappa shape index (κ2) is 5.40. The Balaban J connectivity index is 4.74. The molecule has 0 aliphatic rings. The molecule has 0 rings (SSSR count). The number of ether oxygens (including phenoxy) is 1. The van der Waals surface area contributed by atoms with Crippen LogP contribution < -0.4 is 0 Å². The third kappa shape index (κ3) is 3.18. The fraction of sp³-hybridized carbons (Fsp3) is 0.571. The zero-order chi connectivity index (χ0) is 9.78. The average Bonchev–Trinajstić information content (AvgIpc) is 2.03. The van der Waals surface area contributed by atoms with Crippen LogP contribution in [0.5, 0.6) is 0 Å². The van der Waals surface area contributed by atoms with Crippen molar-refractivity contribution in [1.29, 1.82) is 0 Å². The van der Waals surface area contributed by atoms with Gasteiger partial charge in [-0.1, -0.05) is 31.9 Å². The van der Waals surface area contributed by atoms with Crippen LogP contribution in [0.1, 0.15) is 13.8 Å². The third-order valence-corrected chi connectivity index (χ3v) is 4.68. The summed E-state index contributed by atoms with van der Waals surface area (Å²) in [5, 5.41) is 0.507. The highest BCUT2D eigenvalue weighted by atomic mass is 79.9. The lowest BCUT2D eigenvalue weighted by Crippen LogP contribution is -2.28. The first kappa shape index (κ1) is 12.7. The molecule has 70 valence electrons. The van der Waals surface area contributed by atoms with Crippen LogP contribution >= 0.6 is 47.8 Å². The molecule has 0 saturated heterocycles. The first-order valence-electron chi connectivity index (χ1n) is 3.17. The van der Waals surface area contributed by atoms with Gasteiger partial charge >= 0.3 is 0 Å². The van der Waals surface area contributed by atoms with E-state index in [9.17, 15) is 4.79 Å². The molecule has 1 atom stereocenters. The van der Waals surface area contributed by atoms with Crippen LogP contribution in [0.3, 0.4) is 0 Å². The molecule has 12 heavy (non-hydrogen) atoms. The number of rotatable bonds is 4. The van der Waals surface area contributed by atoms with Gasteiger partial charge in [0, 0.05) is 0 Å². The van der Waals surface area contributed by atoms with Gasteiger partial charge in [0.2, 0.25) is 0 Å². The Kier molecular flexibility index (Phi) is 5.69. The number of allylic oxidation sites excluding steroid dienone is 1. The molecular formula is C7H9Br3O2. The Labute approximate surface area is 97.1 Å². The predicted molar refractivity (Wildman–Crippen MR) is 59.9 cm³/mol. The minimum Gasteiger partial charge on any atom is -0.444 e. The number of alkyl halides is 2. The van der Waals surface area contributed by atoms with E-state index in [1.165, 1.54) is 0 Å². The van der Waals surface area contributed by atoms with Crippen LogP contribution in [0.4, 0.5) is 0 Å². The summed E-state index contributed by atoms with van der Waals surface area (Å²) in [4.78, 5) is 10.2. The molecule has 0 aromatic heterocycles. The number of carbonyl (C=O) groups is 1. The zero-order valence-corrected chi connectivity index (χ0v) is 11.5. The first-order chi connectivity index (χ1) is 5.48. The maximum atomic E-state index is 10.2. The van der Waals surface area contributed by atoms with E-state index in [0.717, 1.165) is 10.1 Å². The molecule has 0 spiro atoms. The zero-order valence-electron chi connectivity index (χ0n) is 6.73. The van der Waals surface area contributed by atoms with Gasteiger partial charge in [0.1, 0.15) is 0 Å². The maximum absolute atomic E-state index is 10.2. The summed E-state index contributed by atoms with van der Waals surface area (Å²) in [5.74, 6) is 0. The van der Waals surface area contributed by atoms with E-state index in [0.29, 0.717) is 11.8 Å². The second-order valence-electron chi connectivity index (χ2n) is 2.23. The minimum absolute atomic E-state index is 0.426. The third-order valence-electron chi connectivity index (χ3n) is 1.48. The molecule has 0 radical (unpaired) electrons. The molecular weight excluding hydrogens is 356 g/mol. The largest absolute Gasteiger partial charge is 0.444 e. The van der Waals surface area contributed by atoms with E-state index in [4.69, 9.17) is 4.74 Å². The van der Waals surface area contributed by atoms with Crippen LogP contribution in [0.25, 0.3) is 0 Å². The van der Waals surface area contributed by atoms with E-state index in [1.54, 1.807) is 0 Å². The summed E-state index contributed by atoms with van der Waals surface area (Å²) < 4.78 is 5.11.